The molecule has 3 amide bonds. The Balaban J connectivity index is 2.01. The van der Waals surface area contributed by atoms with Crippen molar-refractivity contribution in [3.05, 3.63) is 0 Å². The molecule has 1 spiro atoms. The summed E-state index contributed by atoms with van der Waals surface area (Å²) in [6, 6.07) is -1.16. The number of hydrogen-bond donors (Lipinski definition) is 3. The van der Waals surface area contributed by atoms with Crippen LogP contribution in [0.25, 0.3) is 0 Å². The molecule has 3 saturated heterocycles. The summed E-state index contributed by atoms with van der Waals surface area (Å²) in [5.74, 6) is -1.34. The summed E-state index contributed by atoms with van der Waals surface area (Å²) < 4.78 is -0.625. The van der Waals surface area contributed by atoms with Crippen molar-refractivity contribution in [2.24, 2.45) is 23.2 Å². The number of carbonyl (C=O) groups excluding carboxylic acids is 3. The predicted octanol–water partition coefficient (Wildman–Crippen LogP) is 2.95. The number of likely N-dealkylation sites (tertiary alicyclic amines) is 1. The van der Waals surface area contributed by atoms with E-state index < -0.39 is 34.2 Å². The number of nitrogens with zero attached hydrogens (tertiary/aromatic N) is 1. The number of amides is 3. The summed E-state index contributed by atoms with van der Waals surface area (Å²) in [4.78, 5) is 42.9. The average molecular weight is 496 g/mol. The van der Waals surface area contributed by atoms with E-state index in [1.165, 1.54) is 0 Å². The number of thioether (sulfide) groups is 1. The molecule has 0 radical (unpaired) electrons. The molecule has 3 aliphatic heterocycles. The highest BCUT2D eigenvalue weighted by Gasteiger charge is 2.74. The number of carbonyl (C=O) groups is 3. The molecule has 3 aliphatic rings. The average Bonchev–Trinajstić information content (AvgIpc) is 3.32. The van der Waals surface area contributed by atoms with E-state index in [1.54, 1.807) is 16.7 Å². The Labute approximate surface area is 209 Å². The van der Waals surface area contributed by atoms with Crippen molar-refractivity contribution < 1.29 is 19.5 Å². The standard InChI is InChI=1S/C26H45N3O4S/c1-9-12-27-21(31)18-17-10-11-26(34-17)19(18)23(33)29(16(13-30)15(2)3)20(26)22(32)28-25(7,8)14-24(4,5)6/h15-20,30H,9-14H2,1-8H3,(H,27,31)(H,28,32)/t16-,17-,18+,19-,20?,26?/m0/s1. The third-order valence-electron chi connectivity index (χ3n) is 7.59. The summed E-state index contributed by atoms with van der Waals surface area (Å²) in [6.45, 7) is 16.8. The number of aliphatic hydroxyl groups is 1. The van der Waals surface area contributed by atoms with Gasteiger partial charge >= 0.3 is 0 Å². The van der Waals surface area contributed by atoms with Crippen LogP contribution in [0.5, 0.6) is 0 Å². The second-order valence-corrected chi connectivity index (χ2v) is 14.3. The van der Waals surface area contributed by atoms with Crippen LogP contribution in [0.15, 0.2) is 0 Å². The first-order valence-corrected chi connectivity index (χ1v) is 13.8. The maximum Gasteiger partial charge on any atom is 0.244 e. The topological polar surface area (TPSA) is 98.7 Å². The van der Waals surface area contributed by atoms with Gasteiger partial charge < -0.3 is 20.6 Å². The molecule has 0 aliphatic carbocycles. The first-order valence-electron chi connectivity index (χ1n) is 12.9. The van der Waals surface area contributed by atoms with Crippen molar-refractivity contribution >= 4 is 29.5 Å². The third-order valence-corrected chi connectivity index (χ3v) is 9.54. The van der Waals surface area contributed by atoms with E-state index in [-0.39, 0.29) is 40.9 Å². The summed E-state index contributed by atoms with van der Waals surface area (Å²) in [6.07, 6.45) is 3.18. The third kappa shape index (κ3) is 4.86. The van der Waals surface area contributed by atoms with Crippen LogP contribution in [0, 0.1) is 23.2 Å². The van der Waals surface area contributed by atoms with E-state index in [4.69, 9.17) is 0 Å². The Bertz CT molecular complexity index is 808. The number of hydrogen-bond acceptors (Lipinski definition) is 5. The van der Waals surface area contributed by atoms with Gasteiger partial charge in [0.15, 0.2) is 0 Å². The van der Waals surface area contributed by atoms with Gasteiger partial charge in [-0.15, -0.1) is 11.8 Å². The maximum atomic E-state index is 14.0. The molecule has 3 fully saturated rings. The first kappa shape index (κ1) is 27.3. The molecule has 194 valence electrons. The van der Waals surface area contributed by atoms with Crippen molar-refractivity contribution in [3.63, 3.8) is 0 Å². The molecule has 2 bridgehead atoms. The minimum Gasteiger partial charge on any atom is -0.394 e. The molecule has 6 atom stereocenters. The highest BCUT2D eigenvalue weighted by molar-refractivity contribution is 8.02. The van der Waals surface area contributed by atoms with Gasteiger partial charge in [-0.1, -0.05) is 41.5 Å². The van der Waals surface area contributed by atoms with E-state index in [9.17, 15) is 19.5 Å². The van der Waals surface area contributed by atoms with E-state index >= 15 is 0 Å². The second kappa shape index (κ2) is 9.64. The fraction of sp³-hybridized carbons (Fsp3) is 0.885. The molecule has 2 unspecified atom stereocenters. The second-order valence-electron chi connectivity index (χ2n) is 12.7. The predicted molar refractivity (Wildman–Crippen MR) is 136 cm³/mol. The fourth-order valence-electron chi connectivity index (χ4n) is 6.81. The lowest BCUT2D eigenvalue weighted by Gasteiger charge is -2.41. The molecule has 0 saturated carbocycles. The van der Waals surface area contributed by atoms with E-state index in [1.807, 2.05) is 34.6 Å². The van der Waals surface area contributed by atoms with Gasteiger partial charge in [-0.2, -0.15) is 0 Å². The zero-order valence-electron chi connectivity index (χ0n) is 22.2. The van der Waals surface area contributed by atoms with Crippen LogP contribution >= 0.6 is 11.8 Å². The Morgan fingerprint density at radius 3 is 2.38 bits per heavy atom. The van der Waals surface area contributed by atoms with Gasteiger partial charge in [0.1, 0.15) is 6.04 Å². The quantitative estimate of drug-likeness (QED) is 0.457. The van der Waals surface area contributed by atoms with Crippen LogP contribution in [0.1, 0.15) is 81.1 Å². The van der Waals surface area contributed by atoms with E-state index in [0.29, 0.717) is 6.54 Å². The number of nitrogens with one attached hydrogen (secondary N) is 2. The van der Waals surface area contributed by atoms with E-state index in [0.717, 1.165) is 25.7 Å². The van der Waals surface area contributed by atoms with Crippen molar-refractivity contribution in [1.82, 2.24) is 15.5 Å². The van der Waals surface area contributed by atoms with Crippen LogP contribution in [0.2, 0.25) is 0 Å². The SMILES string of the molecule is CCCNC(=O)[C@@H]1[C@@H]2CCC3(S2)C(C(=O)NC(C)(C)CC(C)(C)C)N([C@@H](CO)C(C)C)C(=O)[C@H]13. The van der Waals surface area contributed by atoms with Gasteiger partial charge in [0, 0.05) is 17.3 Å². The van der Waals surface area contributed by atoms with Gasteiger partial charge in [0.25, 0.3) is 0 Å². The van der Waals surface area contributed by atoms with Gasteiger partial charge in [-0.25, -0.2) is 0 Å². The number of aliphatic hydroxyl groups excluding tert-OH is 1. The monoisotopic (exact) mass is 495 g/mol. The van der Waals surface area contributed by atoms with E-state index in [2.05, 4.69) is 31.4 Å². The largest absolute Gasteiger partial charge is 0.394 e. The van der Waals surface area contributed by atoms with Gasteiger partial charge in [0.2, 0.25) is 17.7 Å². The molecule has 8 heteroatoms. The highest BCUT2D eigenvalue weighted by Crippen LogP contribution is 2.66. The molecule has 0 aromatic rings. The molecular weight excluding hydrogens is 450 g/mol. The zero-order valence-corrected chi connectivity index (χ0v) is 23.1. The Morgan fingerprint density at radius 2 is 1.85 bits per heavy atom. The van der Waals surface area contributed by atoms with Crippen molar-refractivity contribution in [2.45, 2.75) is 109 Å². The lowest BCUT2D eigenvalue weighted by atomic mass is 9.70. The minimum atomic E-state index is -0.692. The Morgan fingerprint density at radius 1 is 1.21 bits per heavy atom. The van der Waals surface area contributed by atoms with Crippen molar-refractivity contribution in [2.75, 3.05) is 13.2 Å². The van der Waals surface area contributed by atoms with Crippen LogP contribution in [0.4, 0.5) is 0 Å². The lowest BCUT2D eigenvalue weighted by Crippen LogP contribution is -2.60. The zero-order chi connectivity index (χ0) is 25.6. The molecule has 34 heavy (non-hydrogen) atoms. The number of fused-ring (bicyclic) bond motifs is 1. The molecule has 0 aromatic heterocycles. The number of rotatable bonds is 9. The molecule has 7 nitrogen and oxygen atoms in total. The highest BCUT2D eigenvalue weighted by atomic mass is 32.2. The Kier molecular flexibility index (Phi) is 7.74. The van der Waals surface area contributed by atoms with Crippen molar-refractivity contribution in [3.8, 4) is 0 Å². The van der Waals surface area contributed by atoms with Crippen molar-refractivity contribution in [1.29, 1.82) is 0 Å². The van der Waals surface area contributed by atoms with Gasteiger partial charge in [0.05, 0.1) is 29.2 Å². The van der Waals surface area contributed by atoms with Crippen LogP contribution in [0.3, 0.4) is 0 Å². The summed E-state index contributed by atoms with van der Waals surface area (Å²) in [7, 11) is 0. The molecular formula is C26H45N3O4S. The summed E-state index contributed by atoms with van der Waals surface area (Å²) in [5, 5.41) is 16.6. The minimum absolute atomic E-state index is 0.0170. The normalized spacial score (nSPS) is 31.7. The molecule has 0 aromatic carbocycles. The summed E-state index contributed by atoms with van der Waals surface area (Å²) >= 11 is 1.68. The lowest BCUT2D eigenvalue weighted by molar-refractivity contribution is -0.144. The molecule has 3 heterocycles. The maximum absolute atomic E-state index is 14.0. The van der Waals surface area contributed by atoms with Crippen LogP contribution in [-0.4, -0.2) is 68.5 Å². The smallest absolute Gasteiger partial charge is 0.244 e. The van der Waals surface area contributed by atoms with Gasteiger partial charge in [-0.3, -0.25) is 14.4 Å². The van der Waals surface area contributed by atoms with Crippen LogP contribution < -0.4 is 10.6 Å². The van der Waals surface area contributed by atoms with Gasteiger partial charge in [-0.05, 0) is 50.9 Å². The van der Waals surface area contributed by atoms with Crippen LogP contribution in [-0.2, 0) is 14.4 Å². The fourth-order valence-corrected chi connectivity index (χ4v) is 9.01. The molecule has 3 rings (SSSR count). The molecule has 3 N–H and O–H groups in total. The summed E-state index contributed by atoms with van der Waals surface area (Å²) in [5.41, 5.74) is -0.429. The first-order chi connectivity index (χ1) is 15.7. The Hall–Kier alpha value is -1.28.